The maximum absolute atomic E-state index is 10.6. The van der Waals surface area contributed by atoms with Crippen molar-refractivity contribution >= 4 is 0 Å². The third kappa shape index (κ3) is 5.17. The van der Waals surface area contributed by atoms with E-state index in [0.717, 1.165) is 49.8 Å². The van der Waals surface area contributed by atoms with Gasteiger partial charge in [0.2, 0.25) is 6.79 Å². The third-order valence-electron chi connectivity index (χ3n) is 6.55. The molecule has 0 bridgehead atoms. The van der Waals surface area contributed by atoms with Crippen molar-refractivity contribution in [2.45, 2.75) is 45.0 Å². The highest BCUT2D eigenvalue weighted by atomic mass is 16.7. The number of ether oxygens (including phenoxy) is 3. The summed E-state index contributed by atoms with van der Waals surface area (Å²) in [5.74, 6) is 1.23. The molecular formula is C24H34N2O6. The summed E-state index contributed by atoms with van der Waals surface area (Å²) < 4.78 is 16.6. The van der Waals surface area contributed by atoms with Gasteiger partial charge in [0.05, 0.1) is 12.2 Å². The minimum absolute atomic E-state index is 0.283. The summed E-state index contributed by atoms with van der Waals surface area (Å²) in [5.41, 5.74) is 2.12. The van der Waals surface area contributed by atoms with Gasteiger partial charge in [0, 0.05) is 45.2 Å². The minimum Gasteiger partial charge on any atom is -0.454 e. The molecule has 0 aromatic heterocycles. The molecule has 8 nitrogen and oxygen atoms in total. The zero-order valence-corrected chi connectivity index (χ0v) is 18.8. The topological polar surface area (TPSA) is 94.9 Å². The summed E-state index contributed by atoms with van der Waals surface area (Å²) in [7, 11) is 0. The van der Waals surface area contributed by atoms with Gasteiger partial charge in [-0.1, -0.05) is 29.9 Å². The van der Waals surface area contributed by atoms with E-state index in [1.54, 1.807) is 0 Å². The summed E-state index contributed by atoms with van der Waals surface area (Å²) in [5, 5.41) is 30.9. The van der Waals surface area contributed by atoms with Crippen LogP contribution >= 0.6 is 0 Å². The molecule has 1 aromatic rings. The summed E-state index contributed by atoms with van der Waals surface area (Å²) in [6.45, 7) is 9.12. The van der Waals surface area contributed by atoms with Crippen molar-refractivity contribution in [2.24, 2.45) is 5.92 Å². The highest BCUT2D eigenvalue weighted by Crippen LogP contribution is 2.33. The first-order valence-corrected chi connectivity index (χ1v) is 11.3. The van der Waals surface area contributed by atoms with Crippen LogP contribution in [-0.2, 0) is 11.3 Å². The lowest BCUT2D eigenvalue weighted by atomic mass is 9.83. The minimum atomic E-state index is -1.38. The maximum atomic E-state index is 10.6. The van der Waals surface area contributed by atoms with Crippen LogP contribution in [0.5, 0.6) is 11.5 Å². The Morgan fingerprint density at radius 1 is 1.03 bits per heavy atom. The van der Waals surface area contributed by atoms with E-state index in [1.807, 2.05) is 44.2 Å². The summed E-state index contributed by atoms with van der Waals surface area (Å²) >= 11 is 0. The molecule has 5 atom stereocenters. The van der Waals surface area contributed by atoms with E-state index in [4.69, 9.17) is 14.2 Å². The molecule has 1 aromatic carbocycles. The largest absolute Gasteiger partial charge is 0.454 e. The number of allylic oxidation sites excluding steroid dienone is 3. The van der Waals surface area contributed by atoms with Crippen molar-refractivity contribution in [2.75, 3.05) is 39.5 Å². The standard InChI is InChI=1S/C24H34N2O6/c1-3-4-5-16(2)21-20(32-24(29)23(28)22(21)27)14-26-10-8-25(9-11-26)13-17-6-7-18-19(12-17)31-15-30-18/h3-7,12,20-24,27-29H,8-11,13-15H2,1-2H3. The van der Waals surface area contributed by atoms with E-state index in [0.29, 0.717) is 6.54 Å². The van der Waals surface area contributed by atoms with Gasteiger partial charge in [0.25, 0.3) is 0 Å². The second-order valence-corrected chi connectivity index (χ2v) is 8.77. The van der Waals surface area contributed by atoms with Crippen LogP contribution in [0.1, 0.15) is 19.4 Å². The van der Waals surface area contributed by atoms with E-state index in [-0.39, 0.29) is 12.7 Å². The monoisotopic (exact) mass is 446 g/mol. The Labute approximate surface area is 189 Å². The molecule has 0 radical (unpaired) electrons. The van der Waals surface area contributed by atoms with Crippen molar-refractivity contribution in [3.05, 3.63) is 47.6 Å². The number of rotatable bonds is 6. The molecule has 0 saturated carbocycles. The fourth-order valence-corrected chi connectivity index (χ4v) is 4.71. The average Bonchev–Trinajstić information content (AvgIpc) is 3.25. The highest BCUT2D eigenvalue weighted by Gasteiger charge is 2.45. The fraction of sp³-hybridized carbons (Fsp3) is 0.583. The second-order valence-electron chi connectivity index (χ2n) is 8.77. The van der Waals surface area contributed by atoms with Crippen LogP contribution in [0.2, 0.25) is 0 Å². The van der Waals surface area contributed by atoms with E-state index >= 15 is 0 Å². The number of nitrogens with zero attached hydrogens (tertiary/aromatic N) is 2. The zero-order valence-electron chi connectivity index (χ0n) is 18.8. The Morgan fingerprint density at radius 2 is 1.75 bits per heavy atom. The molecule has 3 aliphatic rings. The first-order chi connectivity index (χ1) is 15.5. The van der Waals surface area contributed by atoms with Crippen molar-refractivity contribution in [1.29, 1.82) is 0 Å². The number of hydrogen-bond donors (Lipinski definition) is 3. The molecule has 8 heteroatoms. The third-order valence-corrected chi connectivity index (χ3v) is 6.55. The number of benzene rings is 1. The first-order valence-electron chi connectivity index (χ1n) is 11.3. The molecule has 2 fully saturated rings. The van der Waals surface area contributed by atoms with Gasteiger partial charge < -0.3 is 29.5 Å². The van der Waals surface area contributed by atoms with Gasteiger partial charge in [-0.2, -0.15) is 0 Å². The smallest absolute Gasteiger partial charge is 0.231 e. The summed E-state index contributed by atoms with van der Waals surface area (Å²) in [6, 6.07) is 6.08. The average molecular weight is 447 g/mol. The van der Waals surface area contributed by atoms with Crippen LogP contribution in [0.25, 0.3) is 0 Å². The predicted octanol–water partition coefficient (Wildman–Crippen LogP) is 1.11. The Balaban J connectivity index is 1.34. The number of hydrogen-bond acceptors (Lipinski definition) is 8. The summed E-state index contributed by atoms with van der Waals surface area (Å²) in [6.07, 6.45) is 1.59. The SMILES string of the molecule is CC=CC=C(C)C1C(CN2CCN(Cc3ccc4c(c3)OCO4)CC2)OC(O)C(O)C1O. The zero-order chi connectivity index (χ0) is 22.7. The molecule has 4 rings (SSSR count). The Morgan fingerprint density at radius 3 is 2.50 bits per heavy atom. The van der Waals surface area contributed by atoms with Gasteiger partial charge in [-0.15, -0.1) is 0 Å². The second kappa shape index (κ2) is 10.3. The Kier molecular flexibility index (Phi) is 7.50. The molecule has 2 saturated heterocycles. The Hall–Kier alpha value is -1.94. The molecule has 0 amide bonds. The molecule has 176 valence electrons. The lowest BCUT2D eigenvalue weighted by molar-refractivity contribution is -0.265. The normalized spacial score (nSPS) is 32.0. The van der Waals surface area contributed by atoms with Gasteiger partial charge >= 0.3 is 0 Å². The van der Waals surface area contributed by atoms with Crippen molar-refractivity contribution in [3.63, 3.8) is 0 Å². The molecule has 0 spiro atoms. The van der Waals surface area contributed by atoms with Crippen LogP contribution in [0.4, 0.5) is 0 Å². The maximum Gasteiger partial charge on any atom is 0.231 e. The summed E-state index contributed by atoms with van der Waals surface area (Å²) in [4.78, 5) is 4.70. The van der Waals surface area contributed by atoms with E-state index < -0.39 is 24.6 Å². The number of aliphatic hydroxyl groups is 3. The van der Waals surface area contributed by atoms with E-state index in [9.17, 15) is 15.3 Å². The van der Waals surface area contributed by atoms with Gasteiger partial charge in [0.15, 0.2) is 17.8 Å². The van der Waals surface area contributed by atoms with Crippen molar-refractivity contribution < 1.29 is 29.5 Å². The quantitative estimate of drug-likeness (QED) is 0.560. The predicted molar refractivity (Wildman–Crippen MR) is 119 cm³/mol. The van der Waals surface area contributed by atoms with Crippen LogP contribution < -0.4 is 9.47 Å². The van der Waals surface area contributed by atoms with Crippen LogP contribution in [0.15, 0.2) is 42.0 Å². The molecule has 0 aliphatic carbocycles. The van der Waals surface area contributed by atoms with Gasteiger partial charge in [-0.25, -0.2) is 0 Å². The van der Waals surface area contributed by atoms with Crippen LogP contribution in [0, 0.1) is 5.92 Å². The Bertz CT molecular complexity index is 836. The number of aliphatic hydroxyl groups excluding tert-OH is 3. The molecule has 5 unspecified atom stereocenters. The van der Waals surface area contributed by atoms with Gasteiger partial charge in [-0.05, 0) is 31.5 Å². The fourth-order valence-electron chi connectivity index (χ4n) is 4.71. The number of fused-ring (bicyclic) bond motifs is 1. The van der Waals surface area contributed by atoms with Gasteiger partial charge in [0.1, 0.15) is 6.10 Å². The first kappa shape index (κ1) is 23.2. The van der Waals surface area contributed by atoms with E-state index in [1.165, 1.54) is 5.56 Å². The van der Waals surface area contributed by atoms with Gasteiger partial charge in [-0.3, -0.25) is 9.80 Å². The van der Waals surface area contributed by atoms with Crippen molar-refractivity contribution in [1.82, 2.24) is 9.80 Å². The lowest BCUT2D eigenvalue weighted by Gasteiger charge is -2.44. The molecule has 3 N–H and O–H groups in total. The molecule has 3 aliphatic heterocycles. The van der Waals surface area contributed by atoms with Crippen LogP contribution in [-0.4, -0.2) is 89.2 Å². The highest BCUT2D eigenvalue weighted by molar-refractivity contribution is 5.44. The van der Waals surface area contributed by atoms with Crippen LogP contribution in [0.3, 0.4) is 0 Å². The molecule has 3 heterocycles. The lowest BCUT2D eigenvalue weighted by Crippen LogP contribution is -2.58. The molecule has 32 heavy (non-hydrogen) atoms. The number of piperazine rings is 1. The van der Waals surface area contributed by atoms with Crippen molar-refractivity contribution in [3.8, 4) is 11.5 Å². The molecular weight excluding hydrogens is 412 g/mol. The van der Waals surface area contributed by atoms with E-state index in [2.05, 4.69) is 15.9 Å².